The van der Waals surface area contributed by atoms with Crippen LogP contribution < -0.4 is 4.74 Å². The van der Waals surface area contributed by atoms with Gasteiger partial charge in [0, 0.05) is 12.0 Å². The van der Waals surface area contributed by atoms with Crippen LogP contribution in [0.2, 0.25) is 0 Å². The molecule has 6 rings (SSSR count). The highest BCUT2D eigenvalue weighted by atomic mass is 16.8. The minimum absolute atomic E-state index is 0.0724. The Balaban J connectivity index is 1.10. The molecule has 48 heavy (non-hydrogen) atoms. The third-order valence-electron chi connectivity index (χ3n) is 9.53. The van der Waals surface area contributed by atoms with Crippen molar-refractivity contribution in [3.63, 3.8) is 0 Å². The lowest BCUT2D eigenvalue weighted by Gasteiger charge is -2.44. The van der Waals surface area contributed by atoms with Crippen molar-refractivity contribution in [1.29, 1.82) is 0 Å². The zero-order valence-corrected chi connectivity index (χ0v) is 25.9. The Morgan fingerprint density at radius 2 is 1.67 bits per heavy atom. The van der Waals surface area contributed by atoms with E-state index in [4.69, 9.17) is 37.9 Å². The minimum Gasteiger partial charge on any atom is -0.504 e. The molecule has 4 fully saturated rings. The van der Waals surface area contributed by atoms with Crippen LogP contribution in [0.3, 0.4) is 0 Å². The normalized spacial score (nSPS) is 44.9. The second-order valence-electron chi connectivity index (χ2n) is 12.4. The van der Waals surface area contributed by atoms with Crippen LogP contribution in [-0.2, 0) is 38.0 Å². The van der Waals surface area contributed by atoms with Crippen molar-refractivity contribution in [3.05, 3.63) is 42.2 Å². The van der Waals surface area contributed by atoms with Gasteiger partial charge in [-0.15, -0.1) is 0 Å². The molecular weight excluding hydrogens is 644 g/mol. The molecule has 8 N–H and O–H groups in total. The number of rotatable bonds is 10. The smallest absolute Gasteiger partial charge is 0.331 e. The van der Waals surface area contributed by atoms with E-state index in [1.165, 1.54) is 38.5 Å². The van der Waals surface area contributed by atoms with Crippen molar-refractivity contribution < 1.29 is 83.5 Å². The summed E-state index contributed by atoms with van der Waals surface area (Å²) in [5.74, 6) is -2.02. The Labute approximate surface area is 274 Å². The highest BCUT2D eigenvalue weighted by molar-refractivity contribution is 5.87. The van der Waals surface area contributed by atoms with Gasteiger partial charge in [-0.3, -0.25) is 0 Å². The zero-order chi connectivity index (χ0) is 34.5. The van der Waals surface area contributed by atoms with Gasteiger partial charge in [-0.25, -0.2) is 4.79 Å². The number of ether oxygens (including phenoxy) is 8. The molecule has 0 bridgehead atoms. The summed E-state index contributed by atoms with van der Waals surface area (Å²) in [7, 11) is 1.39. The van der Waals surface area contributed by atoms with Crippen molar-refractivity contribution in [1.82, 2.24) is 0 Å². The number of hydrogen-bond donors (Lipinski definition) is 8. The van der Waals surface area contributed by atoms with Crippen molar-refractivity contribution >= 4 is 12.0 Å². The van der Waals surface area contributed by atoms with E-state index in [-0.39, 0.29) is 11.5 Å². The Morgan fingerprint density at radius 1 is 0.938 bits per heavy atom. The molecule has 3 saturated heterocycles. The second-order valence-corrected chi connectivity index (χ2v) is 12.4. The lowest BCUT2D eigenvalue weighted by molar-refractivity contribution is -0.347. The Kier molecular flexibility index (Phi) is 10.0. The van der Waals surface area contributed by atoms with E-state index in [2.05, 4.69) is 0 Å². The van der Waals surface area contributed by atoms with Crippen molar-refractivity contribution in [2.75, 3.05) is 20.3 Å². The number of carbonyl (C=O) groups excluding carboxylic acids is 1. The van der Waals surface area contributed by atoms with E-state index >= 15 is 0 Å². The highest BCUT2D eigenvalue weighted by Gasteiger charge is 2.77. The molecule has 0 aromatic heterocycles. The summed E-state index contributed by atoms with van der Waals surface area (Å²) >= 11 is 0. The summed E-state index contributed by atoms with van der Waals surface area (Å²) in [6, 6.07) is 4.45. The summed E-state index contributed by atoms with van der Waals surface area (Å²) in [6.07, 6.45) is -11.9. The molecule has 17 heteroatoms. The molecular formula is C31H40O17. The van der Waals surface area contributed by atoms with Gasteiger partial charge in [0.05, 0.1) is 44.7 Å². The number of phenolic OH excluding ortho intramolecular Hbond substituents is 1. The number of aliphatic hydroxyl groups is 7. The van der Waals surface area contributed by atoms with Gasteiger partial charge in [0.2, 0.25) is 6.29 Å². The van der Waals surface area contributed by atoms with Gasteiger partial charge < -0.3 is 78.7 Å². The molecule has 17 nitrogen and oxygen atoms in total. The Morgan fingerprint density at radius 3 is 2.38 bits per heavy atom. The number of fused-ring (bicyclic) bond motifs is 3. The van der Waals surface area contributed by atoms with E-state index in [0.29, 0.717) is 5.56 Å². The minimum atomic E-state index is -1.70. The highest BCUT2D eigenvalue weighted by Crippen LogP contribution is 2.61. The van der Waals surface area contributed by atoms with Crippen LogP contribution in [-0.4, -0.2) is 153 Å². The molecule has 1 aromatic rings. The molecule has 16 unspecified atom stereocenters. The van der Waals surface area contributed by atoms with Crippen molar-refractivity contribution in [3.8, 4) is 11.5 Å². The Bertz CT molecular complexity index is 1370. The maximum Gasteiger partial charge on any atom is 0.331 e. The van der Waals surface area contributed by atoms with Gasteiger partial charge >= 0.3 is 5.97 Å². The average Bonchev–Trinajstić information content (AvgIpc) is 3.76. The summed E-state index contributed by atoms with van der Waals surface area (Å²) in [5.41, 5.74) is -0.697. The van der Waals surface area contributed by atoms with Crippen LogP contribution in [0.1, 0.15) is 12.5 Å². The molecule has 1 saturated carbocycles. The molecule has 4 aliphatic heterocycles. The first-order valence-corrected chi connectivity index (χ1v) is 15.4. The number of benzene rings is 1. The van der Waals surface area contributed by atoms with Gasteiger partial charge in [-0.05, 0) is 36.8 Å². The zero-order valence-electron chi connectivity index (χ0n) is 25.9. The SMILES string of the molecule is COc1cc(C=CC(=O)OC2C(C)OC(OC3C4C=COC(OC5OC(CO)C(O)C(O)C5O)C4C4(CO)OC34)C(O)C2O)ccc1O. The number of methoxy groups -OCH3 is 1. The lowest BCUT2D eigenvalue weighted by atomic mass is 9.85. The fourth-order valence-electron chi connectivity index (χ4n) is 6.88. The number of aromatic hydroxyl groups is 1. The molecule has 0 spiro atoms. The number of aliphatic hydroxyl groups excluding tert-OH is 7. The van der Waals surface area contributed by atoms with Gasteiger partial charge in [-0.1, -0.05) is 6.07 Å². The topological polar surface area (TPSA) is 256 Å². The average molecular weight is 685 g/mol. The first-order valence-electron chi connectivity index (χ1n) is 15.4. The summed E-state index contributed by atoms with van der Waals surface area (Å²) < 4.78 is 45.4. The maximum absolute atomic E-state index is 12.6. The molecule has 0 radical (unpaired) electrons. The molecule has 5 aliphatic rings. The quantitative estimate of drug-likeness (QED) is 0.0705. The van der Waals surface area contributed by atoms with Crippen LogP contribution in [0.25, 0.3) is 6.08 Å². The standard InChI is InChI=1S/C31H40O17/c1-12-25(45-18(35)6-4-13-3-5-15(34)16(9-13)41-2)22(38)24(40)29(43-12)46-26-14-7-8-42-28(19(14)31(11-33)27(26)48-31)47-30-23(39)21(37)20(36)17(10-32)44-30/h3-9,12,14,17,19-30,32-34,36-40H,10-11H2,1-2H3. The van der Waals surface area contributed by atoms with Gasteiger partial charge in [0.1, 0.15) is 48.3 Å². The fourth-order valence-corrected chi connectivity index (χ4v) is 6.88. The van der Waals surface area contributed by atoms with E-state index in [1.807, 2.05) is 0 Å². The lowest BCUT2D eigenvalue weighted by Crippen LogP contribution is -2.60. The van der Waals surface area contributed by atoms with Crippen molar-refractivity contribution in [2.45, 2.75) is 92.4 Å². The summed E-state index contributed by atoms with van der Waals surface area (Å²) in [4.78, 5) is 12.6. The predicted molar refractivity (Wildman–Crippen MR) is 155 cm³/mol. The number of esters is 1. The third kappa shape index (κ3) is 6.19. The monoisotopic (exact) mass is 684 g/mol. The van der Waals surface area contributed by atoms with E-state index in [0.717, 1.165) is 6.08 Å². The Hall–Kier alpha value is -2.91. The van der Waals surface area contributed by atoms with E-state index in [1.54, 1.807) is 12.1 Å². The molecule has 1 aromatic carbocycles. The number of hydrogen-bond acceptors (Lipinski definition) is 17. The van der Waals surface area contributed by atoms with Crippen LogP contribution in [0.5, 0.6) is 11.5 Å². The van der Waals surface area contributed by atoms with Gasteiger partial charge in [0.25, 0.3) is 0 Å². The molecule has 16 atom stereocenters. The fraction of sp³-hybridized carbons (Fsp3) is 0.645. The van der Waals surface area contributed by atoms with E-state index < -0.39 is 117 Å². The first kappa shape index (κ1) is 34.9. The molecule has 266 valence electrons. The van der Waals surface area contributed by atoms with Gasteiger partial charge in [-0.2, -0.15) is 0 Å². The maximum atomic E-state index is 12.6. The molecule has 0 amide bonds. The van der Waals surface area contributed by atoms with Gasteiger partial charge in [0.15, 0.2) is 30.2 Å². The van der Waals surface area contributed by atoms with Crippen LogP contribution in [0, 0.1) is 11.8 Å². The second kappa shape index (κ2) is 13.8. The number of epoxide rings is 1. The first-order chi connectivity index (χ1) is 22.9. The van der Waals surface area contributed by atoms with E-state index in [9.17, 15) is 45.6 Å². The number of carbonyl (C=O) groups is 1. The predicted octanol–water partition coefficient (Wildman–Crippen LogP) is -2.76. The van der Waals surface area contributed by atoms with Crippen molar-refractivity contribution in [2.24, 2.45) is 11.8 Å². The third-order valence-corrected chi connectivity index (χ3v) is 9.53. The van der Waals surface area contributed by atoms with Crippen LogP contribution >= 0.6 is 0 Å². The number of phenols is 1. The van der Waals surface area contributed by atoms with Crippen LogP contribution in [0.4, 0.5) is 0 Å². The summed E-state index contributed by atoms with van der Waals surface area (Å²) in [5, 5.41) is 82.4. The van der Waals surface area contributed by atoms with Crippen LogP contribution in [0.15, 0.2) is 36.6 Å². The summed E-state index contributed by atoms with van der Waals surface area (Å²) in [6.45, 7) is 0.379. The molecule has 1 aliphatic carbocycles. The molecule has 4 heterocycles. The largest absolute Gasteiger partial charge is 0.504 e.